The van der Waals surface area contributed by atoms with Gasteiger partial charge in [-0.05, 0) is 53.3 Å². The summed E-state index contributed by atoms with van der Waals surface area (Å²) in [6.45, 7) is 11.8. The van der Waals surface area contributed by atoms with Crippen LogP contribution in [0.1, 0.15) is 48.5 Å². The van der Waals surface area contributed by atoms with Gasteiger partial charge in [0.05, 0.1) is 0 Å². The first-order chi connectivity index (χ1) is 7.82. The largest absolute Gasteiger partial charge is 0.480 e. The third-order valence-corrected chi connectivity index (χ3v) is 2.14. The van der Waals surface area contributed by atoms with Gasteiger partial charge in [0.15, 0.2) is 0 Å². The Balaban J connectivity index is -0.000000105. The van der Waals surface area contributed by atoms with Crippen molar-refractivity contribution in [3.63, 3.8) is 0 Å². The van der Waals surface area contributed by atoms with E-state index in [1.807, 2.05) is 13.8 Å². The van der Waals surface area contributed by atoms with Gasteiger partial charge in [-0.2, -0.15) is 0 Å². The number of Topliss-reactive ketones (excluding diaryl/α,β-unsaturated/α-hetero) is 1. The van der Waals surface area contributed by atoms with E-state index in [9.17, 15) is 9.59 Å². The van der Waals surface area contributed by atoms with Crippen molar-refractivity contribution < 1.29 is 14.7 Å². The van der Waals surface area contributed by atoms with Gasteiger partial charge < -0.3 is 9.90 Å². The van der Waals surface area contributed by atoms with Gasteiger partial charge in [0.25, 0.3) is 0 Å². The number of carboxylic acid groups (broad SMARTS) is 1. The SMILES string of the molecule is CC(=S)SC(C)(C)C(=O)O.CC(C)=O.CC(C)=S.Cl. The molecular formula is C12H23ClO3S3. The average molecular weight is 347 g/mol. The van der Waals surface area contributed by atoms with Crippen LogP contribution < -0.4 is 0 Å². The number of rotatable bonds is 2. The normalized spacial score (nSPS) is 8.58. The fourth-order valence-corrected chi connectivity index (χ4v) is 1.83. The van der Waals surface area contributed by atoms with Gasteiger partial charge in [-0.15, -0.1) is 24.2 Å². The number of ketones is 1. The van der Waals surface area contributed by atoms with Crippen molar-refractivity contribution in [2.24, 2.45) is 0 Å². The minimum absolute atomic E-state index is 0. The van der Waals surface area contributed by atoms with E-state index in [4.69, 9.17) is 17.3 Å². The minimum atomic E-state index is -0.832. The van der Waals surface area contributed by atoms with Gasteiger partial charge in [-0.3, -0.25) is 4.79 Å². The summed E-state index contributed by atoms with van der Waals surface area (Å²) < 4.78 is -0.126. The van der Waals surface area contributed by atoms with Crippen LogP contribution in [0.3, 0.4) is 0 Å². The summed E-state index contributed by atoms with van der Waals surface area (Å²) in [7, 11) is 0. The molecule has 0 radical (unpaired) electrons. The van der Waals surface area contributed by atoms with Crippen LogP contribution in [0.4, 0.5) is 0 Å². The molecular weight excluding hydrogens is 324 g/mol. The van der Waals surface area contributed by atoms with Crippen LogP contribution in [0.15, 0.2) is 0 Å². The molecule has 0 heterocycles. The van der Waals surface area contributed by atoms with E-state index >= 15 is 0 Å². The Morgan fingerprint density at radius 3 is 1.26 bits per heavy atom. The number of carboxylic acids is 1. The highest BCUT2D eigenvalue weighted by Gasteiger charge is 2.28. The molecule has 19 heavy (non-hydrogen) atoms. The molecule has 0 aromatic rings. The lowest BCUT2D eigenvalue weighted by Crippen LogP contribution is -2.28. The summed E-state index contributed by atoms with van der Waals surface area (Å²) >= 11 is 10.5. The van der Waals surface area contributed by atoms with Crippen molar-refractivity contribution in [1.29, 1.82) is 0 Å². The Morgan fingerprint density at radius 2 is 1.21 bits per heavy atom. The lowest BCUT2D eigenvalue weighted by molar-refractivity contribution is -0.138. The minimum Gasteiger partial charge on any atom is -0.480 e. The van der Waals surface area contributed by atoms with E-state index in [-0.39, 0.29) is 18.2 Å². The Labute approximate surface area is 137 Å². The predicted octanol–water partition coefficient (Wildman–Crippen LogP) is 4.34. The molecule has 1 N–H and O–H groups in total. The molecule has 0 saturated carbocycles. The number of carbonyl (C=O) groups excluding carboxylic acids is 1. The molecule has 3 nitrogen and oxygen atoms in total. The quantitative estimate of drug-likeness (QED) is 0.750. The second-order valence-electron chi connectivity index (χ2n) is 4.23. The fraction of sp³-hybridized carbons (Fsp3) is 0.667. The topological polar surface area (TPSA) is 54.4 Å². The monoisotopic (exact) mass is 346 g/mol. The summed E-state index contributed by atoms with van der Waals surface area (Å²) in [6, 6.07) is 0. The molecule has 0 aliphatic rings. The predicted molar refractivity (Wildman–Crippen MR) is 95.1 cm³/mol. The van der Waals surface area contributed by atoms with Gasteiger partial charge >= 0.3 is 5.97 Å². The van der Waals surface area contributed by atoms with Crippen molar-refractivity contribution in [3.8, 4) is 0 Å². The molecule has 0 unspecified atom stereocenters. The second-order valence-corrected chi connectivity index (χ2v) is 7.75. The highest BCUT2D eigenvalue weighted by atomic mass is 35.5. The number of thioether (sulfide) groups is 1. The van der Waals surface area contributed by atoms with Crippen molar-refractivity contribution in [2.45, 2.75) is 53.2 Å². The standard InChI is InChI=1S/C6H10O2S2.C3H6O.C3H6S.ClH/c1-4(9)10-6(2,3)5(7)8;2*1-3(2)4;/h1-3H3,(H,7,8);2*1-2H3;1H. The van der Waals surface area contributed by atoms with Crippen molar-refractivity contribution in [2.75, 3.05) is 0 Å². The van der Waals surface area contributed by atoms with Crippen molar-refractivity contribution >= 4 is 69.4 Å². The van der Waals surface area contributed by atoms with E-state index in [1.165, 1.54) is 25.6 Å². The first-order valence-corrected chi connectivity index (χ1v) is 6.83. The van der Waals surface area contributed by atoms with Gasteiger partial charge in [-0.1, -0.05) is 24.4 Å². The summed E-state index contributed by atoms with van der Waals surface area (Å²) in [5, 5.41) is 8.61. The van der Waals surface area contributed by atoms with Crippen LogP contribution >= 0.6 is 48.6 Å². The summed E-state index contributed by atoms with van der Waals surface area (Å²) in [5.74, 6) is -0.665. The van der Waals surface area contributed by atoms with Gasteiger partial charge in [0.2, 0.25) is 0 Å². The van der Waals surface area contributed by atoms with E-state index in [0.29, 0.717) is 4.20 Å². The van der Waals surface area contributed by atoms with Crippen LogP contribution in [0.25, 0.3) is 0 Å². The zero-order chi connectivity index (χ0) is 15.5. The van der Waals surface area contributed by atoms with E-state index in [0.717, 1.165) is 4.86 Å². The Hall–Kier alpha value is -0.0400. The van der Waals surface area contributed by atoms with Gasteiger partial charge in [0, 0.05) is 4.20 Å². The Morgan fingerprint density at radius 1 is 1.00 bits per heavy atom. The molecule has 0 rings (SSSR count). The van der Waals surface area contributed by atoms with Crippen LogP contribution in [-0.2, 0) is 9.59 Å². The molecule has 0 atom stereocenters. The van der Waals surface area contributed by atoms with Crippen LogP contribution in [-0.4, -0.2) is 30.7 Å². The van der Waals surface area contributed by atoms with Gasteiger partial charge in [0.1, 0.15) is 10.5 Å². The molecule has 0 fully saturated rings. The first-order valence-electron chi connectivity index (χ1n) is 5.20. The van der Waals surface area contributed by atoms with E-state index in [2.05, 4.69) is 12.2 Å². The van der Waals surface area contributed by atoms with Crippen LogP contribution in [0, 0.1) is 0 Å². The first kappa shape index (κ1) is 27.3. The number of hydrogen-bond donors (Lipinski definition) is 1. The van der Waals surface area contributed by atoms with Crippen molar-refractivity contribution in [1.82, 2.24) is 0 Å². The number of thiocarbonyl (C=S) groups is 2. The van der Waals surface area contributed by atoms with Gasteiger partial charge in [-0.25, -0.2) is 0 Å². The number of carbonyl (C=O) groups is 2. The molecule has 0 aromatic carbocycles. The number of aliphatic carboxylic acids is 1. The zero-order valence-electron chi connectivity index (χ0n) is 12.4. The smallest absolute Gasteiger partial charge is 0.319 e. The second kappa shape index (κ2) is 14.4. The molecule has 0 spiro atoms. The average Bonchev–Trinajstić information content (AvgIpc) is 1.97. The lowest BCUT2D eigenvalue weighted by atomic mass is 10.2. The van der Waals surface area contributed by atoms with E-state index in [1.54, 1.807) is 20.8 Å². The molecule has 0 aliphatic carbocycles. The molecule has 0 amide bonds. The molecule has 0 aliphatic heterocycles. The van der Waals surface area contributed by atoms with Crippen LogP contribution in [0.2, 0.25) is 0 Å². The summed E-state index contributed by atoms with van der Waals surface area (Å²) in [4.78, 5) is 20.9. The highest BCUT2D eigenvalue weighted by molar-refractivity contribution is 8.24. The molecule has 0 bridgehead atoms. The number of hydrogen-bond acceptors (Lipinski definition) is 5. The maximum atomic E-state index is 10.5. The van der Waals surface area contributed by atoms with Crippen molar-refractivity contribution in [3.05, 3.63) is 0 Å². The Bertz CT molecular complexity index is 295. The Kier molecular flexibility index (Phi) is 20.7. The zero-order valence-corrected chi connectivity index (χ0v) is 15.7. The third kappa shape index (κ3) is 38.1. The third-order valence-electron chi connectivity index (χ3n) is 0.914. The number of halogens is 1. The molecule has 0 aromatic heterocycles. The molecule has 7 heteroatoms. The van der Waals surface area contributed by atoms with E-state index < -0.39 is 10.7 Å². The summed E-state index contributed by atoms with van der Waals surface area (Å²) in [5.41, 5.74) is 0. The molecule has 114 valence electrons. The maximum Gasteiger partial charge on any atom is 0.319 e. The fourth-order valence-electron chi connectivity index (χ4n) is 0.403. The maximum absolute atomic E-state index is 10.5. The van der Waals surface area contributed by atoms with Crippen LogP contribution in [0.5, 0.6) is 0 Å². The lowest BCUT2D eigenvalue weighted by Gasteiger charge is -2.16. The summed E-state index contributed by atoms with van der Waals surface area (Å²) in [6.07, 6.45) is 0. The molecule has 0 saturated heterocycles. The highest BCUT2D eigenvalue weighted by Crippen LogP contribution is 2.25.